The Kier molecular flexibility index (Phi) is 6.61. The second-order valence-electron chi connectivity index (χ2n) is 6.72. The van der Waals surface area contributed by atoms with Crippen molar-refractivity contribution in [3.05, 3.63) is 0 Å². The van der Waals surface area contributed by atoms with E-state index in [1.807, 2.05) is 6.92 Å². The second kappa shape index (κ2) is 8.31. The molecular weight excluding hydrogens is 336 g/mol. The van der Waals surface area contributed by atoms with Gasteiger partial charge in [-0.1, -0.05) is 6.92 Å². The number of carboxylic acid groups (broad SMARTS) is 1. The molecule has 0 aliphatic carbocycles. The normalized spacial score (nSPS) is 30.5. The van der Waals surface area contributed by atoms with Crippen LogP contribution in [0.15, 0.2) is 0 Å². The number of carbonyl (C=O) groups is 2. The topological polar surface area (TPSA) is 121 Å². The van der Waals surface area contributed by atoms with Gasteiger partial charge in [-0.15, -0.1) is 0 Å². The maximum absolute atomic E-state index is 11.8. The maximum atomic E-state index is 11.8. The summed E-state index contributed by atoms with van der Waals surface area (Å²) in [7, 11) is 0. The van der Waals surface area contributed by atoms with E-state index < -0.39 is 30.1 Å². The van der Waals surface area contributed by atoms with E-state index in [9.17, 15) is 14.7 Å². The number of carbonyl (C=O) groups excluding carboxylic acids is 1. The lowest BCUT2D eigenvalue weighted by Crippen LogP contribution is -2.46. The minimum Gasteiger partial charge on any atom is -0.481 e. The zero-order valence-corrected chi connectivity index (χ0v) is 14.6. The first-order chi connectivity index (χ1) is 11.8. The number of hydrogen-bond acceptors (Lipinski definition) is 8. The van der Waals surface area contributed by atoms with Crippen molar-refractivity contribution in [2.24, 2.45) is 5.41 Å². The average Bonchev–Trinajstić information content (AvgIpc) is 2.87. The first-order valence-electron chi connectivity index (χ1n) is 8.37. The molecule has 2 fully saturated rings. The number of hydrogen-bond donors (Lipinski definition) is 2. The second-order valence-corrected chi connectivity index (χ2v) is 6.72. The molecule has 0 amide bonds. The Hall–Kier alpha value is -1.42. The first kappa shape index (κ1) is 19.9. The summed E-state index contributed by atoms with van der Waals surface area (Å²) in [4.78, 5) is 22.4. The number of aliphatic carboxylic acids is 1. The van der Waals surface area contributed by atoms with Crippen molar-refractivity contribution < 1.29 is 43.5 Å². The molecule has 0 saturated carbocycles. The van der Waals surface area contributed by atoms with Crippen LogP contribution < -0.4 is 0 Å². The summed E-state index contributed by atoms with van der Waals surface area (Å²) in [6.07, 6.45) is -1.38. The van der Waals surface area contributed by atoms with Crippen LogP contribution in [-0.2, 0) is 28.5 Å². The standard InChI is InChI=1S/C16H26O9/c1-3-16(8-21-9-16)10-23-14(20)22-7-12-11(6-17)24-15(2,25-12)5-4-13(18)19/h11-12,17H,3-10H2,1-2H3,(H,18,19). The number of aliphatic hydroxyl groups excluding tert-OH is 1. The number of carboxylic acids is 1. The van der Waals surface area contributed by atoms with Gasteiger partial charge < -0.3 is 33.9 Å². The Labute approximate surface area is 146 Å². The molecule has 3 unspecified atom stereocenters. The molecule has 2 aliphatic heterocycles. The molecule has 0 radical (unpaired) electrons. The van der Waals surface area contributed by atoms with Gasteiger partial charge in [0.1, 0.15) is 25.4 Å². The van der Waals surface area contributed by atoms with Crippen molar-refractivity contribution in [3.8, 4) is 0 Å². The van der Waals surface area contributed by atoms with Gasteiger partial charge in [0.2, 0.25) is 0 Å². The van der Waals surface area contributed by atoms with Crippen molar-refractivity contribution in [2.75, 3.05) is 33.0 Å². The molecule has 0 bridgehead atoms. The molecule has 2 N–H and O–H groups in total. The molecule has 2 rings (SSSR count). The van der Waals surface area contributed by atoms with Gasteiger partial charge in [0.05, 0.1) is 31.7 Å². The highest BCUT2D eigenvalue weighted by Gasteiger charge is 2.45. The predicted molar refractivity (Wildman–Crippen MR) is 82.9 cm³/mol. The molecule has 25 heavy (non-hydrogen) atoms. The zero-order chi connectivity index (χ0) is 18.5. The van der Waals surface area contributed by atoms with Crippen LogP contribution in [0, 0.1) is 5.41 Å². The minimum atomic E-state index is -1.14. The third-order valence-corrected chi connectivity index (χ3v) is 4.62. The Morgan fingerprint density at radius 1 is 1.20 bits per heavy atom. The van der Waals surface area contributed by atoms with Crippen LogP contribution >= 0.6 is 0 Å². The SMILES string of the molecule is CCC1(COC(=O)OCC2OC(C)(CCC(=O)O)OC2CO)COC1. The van der Waals surface area contributed by atoms with Crippen LogP contribution in [0.4, 0.5) is 4.79 Å². The summed E-state index contributed by atoms with van der Waals surface area (Å²) in [5.74, 6) is -2.11. The van der Waals surface area contributed by atoms with Crippen LogP contribution in [0.1, 0.15) is 33.1 Å². The van der Waals surface area contributed by atoms with E-state index in [-0.39, 0.29) is 38.1 Å². The lowest BCUT2D eigenvalue weighted by Gasteiger charge is -2.39. The monoisotopic (exact) mass is 362 g/mol. The number of aliphatic hydroxyl groups is 1. The van der Waals surface area contributed by atoms with Crippen molar-refractivity contribution in [1.82, 2.24) is 0 Å². The van der Waals surface area contributed by atoms with Crippen LogP contribution in [0.3, 0.4) is 0 Å². The average molecular weight is 362 g/mol. The molecule has 0 aromatic rings. The third kappa shape index (κ3) is 5.27. The van der Waals surface area contributed by atoms with Crippen LogP contribution in [-0.4, -0.2) is 73.4 Å². The summed E-state index contributed by atoms with van der Waals surface area (Å²) in [5, 5.41) is 18.2. The smallest absolute Gasteiger partial charge is 0.481 e. The van der Waals surface area contributed by atoms with E-state index in [4.69, 9.17) is 28.8 Å². The van der Waals surface area contributed by atoms with Gasteiger partial charge in [-0.2, -0.15) is 0 Å². The van der Waals surface area contributed by atoms with E-state index in [2.05, 4.69) is 0 Å². The van der Waals surface area contributed by atoms with E-state index >= 15 is 0 Å². The molecular formula is C16H26O9. The molecule has 9 heteroatoms. The van der Waals surface area contributed by atoms with E-state index in [0.717, 1.165) is 6.42 Å². The minimum absolute atomic E-state index is 0.124. The van der Waals surface area contributed by atoms with E-state index in [1.54, 1.807) is 6.92 Å². The predicted octanol–water partition coefficient (Wildman–Crippen LogP) is 0.924. The molecule has 2 saturated heterocycles. The van der Waals surface area contributed by atoms with Gasteiger partial charge in [0, 0.05) is 6.42 Å². The zero-order valence-electron chi connectivity index (χ0n) is 14.6. The summed E-state index contributed by atoms with van der Waals surface area (Å²) < 4.78 is 26.6. The fourth-order valence-electron chi connectivity index (χ4n) is 2.75. The summed E-state index contributed by atoms with van der Waals surface area (Å²) in [6.45, 7) is 4.47. The summed E-state index contributed by atoms with van der Waals surface area (Å²) in [5.41, 5.74) is -0.130. The molecule has 2 heterocycles. The number of rotatable bonds is 9. The number of ether oxygens (including phenoxy) is 5. The highest BCUT2D eigenvalue weighted by Crippen LogP contribution is 2.33. The summed E-state index contributed by atoms with van der Waals surface area (Å²) >= 11 is 0. The molecule has 0 aromatic heterocycles. The molecule has 0 aromatic carbocycles. The van der Waals surface area contributed by atoms with Crippen LogP contribution in [0.2, 0.25) is 0 Å². The van der Waals surface area contributed by atoms with Gasteiger partial charge in [-0.25, -0.2) is 4.79 Å². The molecule has 144 valence electrons. The van der Waals surface area contributed by atoms with Gasteiger partial charge in [-0.3, -0.25) is 4.79 Å². The summed E-state index contributed by atoms with van der Waals surface area (Å²) in [6, 6.07) is 0. The Balaban J connectivity index is 1.76. The van der Waals surface area contributed by atoms with Crippen molar-refractivity contribution in [2.45, 2.75) is 51.1 Å². The first-order valence-corrected chi connectivity index (χ1v) is 8.37. The highest BCUT2D eigenvalue weighted by molar-refractivity contribution is 5.66. The Morgan fingerprint density at radius 3 is 2.40 bits per heavy atom. The van der Waals surface area contributed by atoms with Gasteiger partial charge in [0.25, 0.3) is 0 Å². The Bertz CT molecular complexity index is 471. The fourth-order valence-corrected chi connectivity index (χ4v) is 2.75. The van der Waals surface area contributed by atoms with Crippen LogP contribution in [0.5, 0.6) is 0 Å². The van der Waals surface area contributed by atoms with Crippen LogP contribution in [0.25, 0.3) is 0 Å². The third-order valence-electron chi connectivity index (χ3n) is 4.62. The van der Waals surface area contributed by atoms with Crippen molar-refractivity contribution in [3.63, 3.8) is 0 Å². The van der Waals surface area contributed by atoms with Gasteiger partial charge in [0.15, 0.2) is 5.79 Å². The largest absolute Gasteiger partial charge is 0.508 e. The van der Waals surface area contributed by atoms with E-state index in [1.165, 1.54) is 0 Å². The molecule has 9 nitrogen and oxygen atoms in total. The molecule has 3 atom stereocenters. The molecule has 0 spiro atoms. The van der Waals surface area contributed by atoms with E-state index in [0.29, 0.717) is 13.2 Å². The lowest BCUT2D eigenvalue weighted by atomic mass is 9.84. The van der Waals surface area contributed by atoms with Gasteiger partial charge >= 0.3 is 12.1 Å². The molecule has 2 aliphatic rings. The highest BCUT2D eigenvalue weighted by atomic mass is 16.8. The Morgan fingerprint density at radius 2 is 1.88 bits per heavy atom. The van der Waals surface area contributed by atoms with Crippen molar-refractivity contribution in [1.29, 1.82) is 0 Å². The lowest BCUT2D eigenvalue weighted by molar-refractivity contribution is -0.176. The van der Waals surface area contributed by atoms with Gasteiger partial charge in [-0.05, 0) is 13.3 Å². The van der Waals surface area contributed by atoms with Crippen molar-refractivity contribution >= 4 is 12.1 Å². The quantitative estimate of drug-likeness (QED) is 0.577. The maximum Gasteiger partial charge on any atom is 0.508 e. The fraction of sp³-hybridized carbons (Fsp3) is 0.875.